The number of amides is 1. The van der Waals surface area contributed by atoms with Gasteiger partial charge in [0.1, 0.15) is 6.04 Å². The number of nitriles is 1. The maximum Gasteiger partial charge on any atom is 0.246 e. The molecule has 1 saturated heterocycles. The van der Waals surface area contributed by atoms with Crippen molar-refractivity contribution in [3.05, 3.63) is 29.8 Å². The summed E-state index contributed by atoms with van der Waals surface area (Å²) in [6.07, 6.45) is 3.40. The van der Waals surface area contributed by atoms with Gasteiger partial charge in [0.05, 0.1) is 19.8 Å². The molecule has 0 N–H and O–H groups in total. The van der Waals surface area contributed by atoms with Gasteiger partial charge in [0.2, 0.25) is 5.91 Å². The Kier molecular flexibility index (Phi) is 8.53. The number of rotatable bonds is 8. The van der Waals surface area contributed by atoms with E-state index < -0.39 is 0 Å². The average molecular weight is 400 g/mol. The highest BCUT2D eigenvalue weighted by atomic mass is 16.5. The fraction of sp³-hybridized carbons (Fsp3) is 0.565. The average Bonchev–Trinajstić information content (AvgIpc) is 2.71. The molecular formula is C23H33N3O3. The van der Waals surface area contributed by atoms with E-state index >= 15 is 0 Å². The quantitative estimate of drug-likeness (QED) is 0.627. The number of hydrogen-bond acceptors (Lipinski definition) is 5. The molecular weight excluding hydrogens is 366 g/mol. The van der Waals surface area contributed by atoms with E-state index in [0.717, 1.165) is 18.7 Å². The zero-order valence-corrected chi connectivity index (χ0v) is 18.2. The van der Waals surface area contributed by atoms with E-state index in [-0.39, 0.29) is 17.9 Å². The molecule has 2 rings (SSSR count). The predicted molar refractivity (Wildman–Crippen MR) is 115 cm³/mol. The van der Waals surface area contributed by atoms with Crippen LogP contribution in [-0.4, -0.2) is 61.6 Å². The minimum absolute atomic E-state index is 0.0122. The minimum Gasteiger partial charge on any atom is -0.493 e. The second kappa shape index (κ2) is 10.9. The standard InChI is InChI=1S/C23H33N3O3/c1-17(2)16-29-21-8-6-19(14-22(21)28-5)7-9-23(27)26-12-10-25(11-13-26)20(15-24)18(3)4/h6-9,14,17-18,20H,10-13,16H2,1-5H3/b9-7+. The first-order chi connectivity index (χ1) is 13.8. The van der Waals surface area contributed by atoms with Crippen LogP contribution < -0.4 is 9.47 Å². The van der Waals surface area contributed by atoms with Crippen molar-refractivity contribution in [2.45, 2.75) is 33.7 Å². The first-order valence-electron chi connectivity index (χ1n) is 10.3. The Morgan fingerprint density at radius 1 is 1.17 bits per heavy atom. The molecule has 29 heavy (non-hydrogen) atoms. The Hall–Kier alpha value is -2.52. The fourth-order valence-corrected chi connectivity index (χ4v) is 3.31. The fourth-order valence-electron chi connectivity index (χ4n) is 3.31. The molecule has 0 radical (unpaired) electrons. The van der Waals surface area contributed by atoms with Gasteiger partial charge in [-0.2, -0.15) is 5.26 Å². The van der Waals surface area contributed by atoms with Crippen LogP contribution in [0.25, 0.3) is 6.08 Å². The molecule has 0 aromatic heterocycles. The molecule has 1 aliphatic rings. The Labute approximate surface area is 174 Å². The number of piperazine rings is 1. The molecule has 0 spiro atoms. The number of nitrogens with zero attached hydrogens (tertiary/aromatic N) is 3. The largest absolute Gasteiger partial charge is 0.493 e. The van der Waals surface area contributed by atoms with Crippen LogP contribution >= 0.6 is 0 Å². The summed E-state index contributed by atoms with van der Waals surface area (Å²) in [6, 6.07) is 7.95. The number of methoxy groups -OCH3 is 1. The van der Waals surface area contributed by atoms with Gasteiger partial charge in [0.15, 0.2) is 11.5 Å². The van der Waals surface area contributed by atoms with Crippen molar-refractivity contribution in [3.63, 3.8) is 0 Å². The Morgan fingerprint density at radius 3 is 2.41 bits per heavy atom. The molecule has 6 nitrogen and oxygen atoms in total. The van der Waals surface area contributed by atoms with Crippen molar-refractivity contribution >= 4 is 12.0 Å². The van der Waals surface area contributed by atoms with Gasteiger partial charge in [-0.3, -0.25) is 9.69 Å². The van der Waals surface area contributed by atoms with Crippen molar-refractivity contribution in [2.24, 2.45) is 11.8 Å². The summed E-state index contributed by atoms with van der Waals surface area (Å²) < 4.78 is 11.2. The van der Waals surface area contributed by atoms with Crippen molar-refractivity contribution in [1.82, 2.24) is 9.80 Å². The van der Waals surface area contributed by atoms with E-state index in [9.17, 15) is 10.1 Å². The van der Waals surface area contributed by atoms with E-state index in [4.69, 9.17) is 9.47 Å². The zero-order valence-electron chi connectivity index (χ0n) is 18.2. The maximum absolute atomic E-state index is 12.5. The first-order valence-corrected chi connectivity index (χ1v) is 10.3. The highest BCUT2D eigenvalue weighted by Gasteiger charge is 2.26. The van der Waals surface area contributed by atoms with E-state index in [1.54, 1.807) is 19.3 Å². The van der Waals surface area contributed by atoms with E-state index in [2.05, 4.69) is 38.7 Å². The lowest BCUT2D eigenvalue weighted by atomic mass is 10.0. The molecule has 1 aromatic carbocycles. The number of hydrogen-bond donors (Lipinski definition) is 0. The Bertz CT molecular complexity index is 744. The summed E-state index contributed by atoms with van der Waals surface area (Å²) in [5, 5.41) is 9.35. The van der Waals surface area contributed by atoms with Crippen LogP contribution in [0.4, 0.5) is 0 Å². The third-order valence-corrected chi connectivity index (χ3v) is 4.96. The summed E-state index contributed by atoms with van der Waals surface area (Å²) in [5.74, 6) is 2.07. The summed E-state index contributed by atoms with van der Waals surface area (Å²) in [5.41, 5.74) is 0.884. The minimum atomic E-state index is -0.0910. The molecule has 1 amide bonds. The molecule has 6 heteroatoms. The number of ether oxygens (including phenoxy) is 2. The van der Waals surface area contributed by atoms with Crippen LogP contribution in [0.1, 0.15) is 33.3 Å². The molecule has 1 unspecified atom stereocenters. The zero-order chi connectivity index (χ0) is 21.4. The summed E-state index contributed by atoms with van der Waals surface area (Å²) in [7, 11) is 1.61. The first kappa shape index (κ1) is 22.8. The van der Waals surface area contributed by atoms with Gasteiger partial charge in [-0.05, 0) is 35.6 Å². The second-order valence-electron chi connectivity index (χ2n) is 8.13. The molecule has 0 bridgehead atoms. The maximum atomic E-state index is 12.5. The van der Waals surface area contributed by atoms with Gasteiger partial charge in [-0.25, -0.2) is 0 Å². The Morgan fingerprint density at radius 2 is 1.86 bits per heavy atom. The van der Waals surface area contributed by atoms with Crippen LogP contribution in [0.2, 0.25) is 0 Å². The monoisotopic (exact) mass is 399 g/mol. The summed E-state index contributed by atoms with van der Waals surface area (Å²) in [6.45, 7) is 11.7. The van der Waals surface area contributed by atoms with E-state index in [1.165, 1.54) is 0 Å². The third kappa shape index (κ3) is 6.50. The van der Waals surface area contributed by atoms with Crippen LogP contribution in [0.15, 0.2) is 24.3 Å². The van der Waals surface area contributed by atoms with Crippen molar-refractivity contribution < 1.29 is 14.3 Å². The molecule has 1 fully saturated rings. The van der Waals surface area contributed by atoms with Crippen LogP contribution in [0.3, 0.4) is 0 Å². The smallest absolute Gasteiger partial charge is 0.246 e. The van der Waals surface area contributed by atoms with Gasteiger partial charge in [0.25, 0.3) is 0 Å². The van der Waals surface area contributed by atoms with Crippen molar-refractivity contribution in [3.8, 4) is 17.6 Å². The third-order valence-electron chi connectivity index (χ3n) is 4.96. The molecule has 1 atom stereocenters. The molecule has 0 aliphatic carbocycles. The lowest BCUT2D eigenvalue weighted by Crippen LogP contribution is -2.52. The topological polar surface area (TPSA) is 65.8 Å². The molecule has 1 heterocycles. The normalized spacial score (nSPS) is 16.3. The highest BCUT2D eigenvalue weighted by molar-refractivity contribution is 5.92. The second-order valence-corrected chi connectivity index (χ2v) is 8.13. The van der Waals surface area contributed by atoms with Gasteiger partial charge >= 0.3 is 0 Å². The molecule has 1 aliphatic heterocycles. The molecule has 0 saturated carbocycles. The number of benzene rings is 1. The van der Waals surface area contributed by atoms with Crippen LogP contribution in [-0.2, 0) is 4.79 Å². The van der Waals surface area contributed by atoms with E-state index in [0.29, 0.717) is 37.1 Å². The Balaban J connectivity index is 1.95. The highest BCUT2D eigenvalue weighted by Crippen LogP contribution is 2.29. The van der Waals surface area contributed by atoms with Crippen molar-refractivity contribution in [1.29, 1.82) is 5.26 Å². The van der Waals surface area contributed by atoms with Crippen LogP contribution in [0, 0.1) is 23.2 Å². The van der Waals surface area contributed by atoms with Gasteiger partial charge in [-0.15, -0.1) is 0 Å². The lowest BCUT2D eigenvalue weighted by molar-refractivity contribution is -0.127. The van der Waals surface area contributed by atoms with Gasteiger partial charge in [-0.1, -0.05) is 33.8 Å². The molecule has 158 valence electrons. The number of carbonyl (C=O) groups excluding carboxylic acids is 1. The van der Waals surface area contributed by atoms with Gasteiger partial charge in [0, 0.05) is 32.3 Å². The SMILES string of the molecule is COc1cc(/C=C/C(=O)N2CCN(C(C#N)C(C)C)CC2)ccc1OCC(C)C. The molecule has 1 aromatic rings. The summed E-state index contributed by atoms with van der Waals surface area (Å²) in [4.78, 5) is 16.5. The summed E-state index contributed by atoms with van der Waals surface area (Å²) >= 11 is 0. The van der Waals surface area contributed by atoms with Gasteiger partial charge < -0.3 is 14.4 Å². The number of carbonyl (C=O) groups is 1. The predicted octanol–water partition coefficient (Wildman–Crippen LogP) is 3.44. The van der Waals surface area contributed by atoms with E-state index in [1.807, 2.05) is 23.1 Å². The lowest BCUT2D eigenvalue weighted by Gasteiger charge is -2.37. The van der Waals surface area contributed by atoms with Crippen molar-refractivity contribution in [2.75, 3.05) is 39.9 Å². The van der Waals surface area contributed by atoms with Crippen LogP contribution in [0.5, 0.6) is 11.5 Å².